The van der Waals surface area contributed by atoms with Gasteiger partial charge in [-0.3, -0.25) is 19.8 Å². The number of nitrogens with zero attached hydrogens (tertiary/aromatic N) is 2. The van der Waals surface area contributed by atoms with Gasteiger partial charge in [0, 0.05) is 36.0 Å². The Labute approximate surface area is 167 Å². The third-order valence-corrected chi connectivity index (χ3v) is 7.61. The minimum absolute atomic E-state index is 0.0780. The van der Waals surface area contributed by atoms with E-state index >= 15 is 0 Å². The smallest absolute Gasteiger partial charge is 0.312 e. The topological polar surface area (TPSA) is 116 Å². The number of non-ortho nitro benzene ring substituents is 1. The van der Waals surface area contributed by atoms with Crippen molar-refractivity contribution in [3.05, 3.63) is 34.4 Å². The molecule has 0 amide bonds. The van der Waals surface area contributed by atoms with Gasteiger partial charge in [-0.25, -0.2) is 8.42 Å². The molecule has 1 aliphatic rings. The number of carbonyl (C=O) groups is 1. The van der Waals surface area contributed by atoms with Crippen molar-refractivity contribution in [3.63, 3.8) is 0 Å². The van der Waals surface area contributed by atoms with Crippen molar-refractivity contribution in [3.8, 4) is 0 Å². The fourth-order valence-corrected chi connectivity index (χ4v) is 4.66. The fraction of sp³-hybridized carbons (Fsp3) is 0.588. The maximum Gasteiger partial charge on any atom is 0.312 e. The van der Waals surface area contributed by atoms with Crippen LogP contribution in [0.25, 0.3) is 0 Å². The molecular formula is C17H24N2O7S2. The number of nitro groups is 1. The van der Waals surface area contributed by atoms with Gasteiger partial charge in [0.1, 0.15) is 0 Å². The largest absolute Gasteiger partial charge is 0.453 e. The van der Waals surface area contributed by atoms with E-state index in [-0.39, 0.29) is 16.5 Å². The van der Waals surface area contributed by atoms with Gasteiger partial charge < -0.3 is 9.47 Å². The highest BCUT2D eigenvalue weighted by molar-refractivity contribution is 8.72. The van der Waals surface area contributed by atoms with E-state index in [4.69, 9.17) is 9.47 Å². The summed E-state index contributed by atoms with van der Waals surface area (Å²) in [5, 5.41) is 10.6. The lowest BCUT2D eigenvalue weighted by molar-refractivity contribution is -0.384. The lowest BCUT2D eigenvalue weighted by atomic mass is 9.89. The van der Waals surface area contributed by atoms with Crippen molar-refractivity contribution in [2.75, 3.05) is 38.8 Å². The highest BCUT2D eigenvalue weighted by atomic mass is 33.1. The molecule has 9 nitrogen and oxygen atoms in total. The van der Waals surface area contributed by atoms with E-state index < -0.39 is 25.2 Å². The highest BCUT2D eigenvalue weighted by Gasteiger charge is 2.30. The molecule has 0 spiro atoms. The van der Waals surface area contributed by atoms with E-state index in [9.17, 15) is 23.3 Å². The first kappa shape index (κ1) is 22.6. The number of morpholine rings is 1. The van der Waals surface area contributed by atoms with Gasteiger partial charge in [-0.05, 0) is 38.9 Å². The average Bonchev–Trinajstić information content (AvgIpc) is 2.67. The molecule has 1 heterocycles. The lowest BCUT2D eigenvalue weighted by Crippen LogP contribution is -2.39. The van der Waals surface area contributed by atoms with Gasteiger partial charge in [0.05, 0.1) is 28.4 Å². The van der Waals surface area contributed by atoms with Crippen LogP contribution in [0.1, 0.15) is 20.3 Å². The van der Waals surface area contributed by atoms with Crippen LogP contribution in [0.3, 0.4) is 0 Å². The molecule has 11 heteroatoms. The summed E-state index contributed by atoms with van der Waals surface area (Å²) in [6, 6.07) is 4.56. The second-order valence-corrected chi connectivity index (χ2v) is 10.8. The minimum atomic E-state index is -3.78. The van der Waals surface area contributed by atoms with Crippen LogP contribution in [-0.2, 0) is 23.1 Å². The van der Waals surface area contributed by atoms with Gasteiger partial charge in [-0.1, -0.05) is 0 Å². The molecule has 1 aromatic rings. The number of hydrogen-bond donors (Lipinski definition) is 0. The summed E-state index contributed by atoms with van der Waals surface area (Å²) in [7, 11) is -3.31. The summed E-state index contributed by atoms with van der Waals surface area (Å²) in [4.78, 5) is 24.5. The molecule has 0 aliphatic carbocycles. The summed E-state index contributed by atoms with van der Waals surface area (Å²) < 4.78 is 35.0. The first-order chi connectivity index (χ1) is 13.1. The molecule has 28 heavy (non-hydrogen) atoms. The zero-order valence-corrected chi connectivity index (χ0v) is 17.5. The molecule has 0 saturated carbocycles. The van der Waals surface area contributed by atoms with Gasteiger partial charge in [-0.15, -0.1) is 0 Å². The number of nitro benzene ring substituents is 1. The Hall–Kier alpha value is -1.69. The quantitative estimate of drug-likeness (QED) is 0.190. The number of hydrogen-bond acceptors (Lipinski definition) is 9. The first-order valence-corrected chi connectivity index (χ1v) is 11.7. The maximum atomic E-state index is 12.3. The summed E-state index contributed by atoms with van der Waals surface area (Å²) >= 11 is 0. The molecule has 0 atom stereocenters. The zero-order valence-electron chi connectivity index (χ0n) is 15.8. The van der Waals surface area contributed by atoms with Crippen LogP contribution in [0.15, 0.2) is 29.2 Å². The van der Waals surface area contributed by atoms with E-state index in [0.29, 0.717) is 30.4 Å². The Morgan fingerprint density at radius 2 is 1.89 bits per heavy atom. The van der Waals surface area contributed by atoms with Gasteiger partial charge in [0.15, 0.2) is 5.94 Å². The molecule has 1 fully saturated rings. The molecule has 2 rings (SSSR count). The molecule has 0 aromatic heterocycles. The van der Waals surface area contributed by atoms with E-state index in [0.717, 1.165) is 43.9 Å². The summed E-state index contributed by atoms with van der Waals surface area (Å²) in [5.74, 6) is -0.814. The zero-order chi connectivity index (χ0) is 20.8. The molecule has 1 aliphatic heterocycles. The summed E-state index contributed by atoms with van der Waals surface area (Å²) in [6.07, 6.45) is 0.589. The molecule has 1 saturated heterocycles. The van der Waals surface area contributed by atoms with Gasteiger partial charge in [-0.2, -0.15) is 0 Å². The molecular weight excluding hydrogens is 408 g/mol. The van der Waals surface area contributed by atoms with E-state index in [1.165, 1.54) is 0 Å². The van der Waals surface area contributed by atoms with E-state index in [2.05, 4.69) is 4.90 Å². The van der Waals surface area contributed by atoms with E-state index in [1.807, 2.05) is 0 Å². The van der Waals surface area contributed by atoms with Crippen molar-refractivity contribution in [2.45, 2.75) is 25.2 Å². The molecule has 0 bridgehead atoms. The standard InChI is InChI=1S/C17H24N2O7S2/c1-17(2,7-8-18-9-11-25-12-10-18)16(20)26-13-27-28(23,24)15-5-3-14(4-6-15)19(21)22/h3-6H,7-13H2,1-2H3. The van der Waals surface area contributed by atoms with Crippen LogP contribution in [0, 0.1) is 15.5 Å². The monoisotopic (exact) mass is 432 g/mol. The Balaban J connectivity index is 1.82. The predicted molar refractivity (Wildman–Crippen MR) is 104 cm³/mol. The summed E-state index contributed by atoms with van der Waals surface area (Å²) in [5.41, 5.74) is -0.937. The van der Waals surface area contributed by atoms with Crippen LogP contribution >= 0.6 is 10.8 Å². The number of carbonyl (C=O) groups excluding carboxylic acids is 1. The summed E-state index contributed by atoms with van der Waals surface area (Å²) in [6.45, 7) is 7.29. The Kier molecular flexibility index (Phi) is 7.81. The number of ether oxygens (including phenoxy) is 2. The lowest BCUT2D eigenvalue weighted by Gasteiger charge is -2.30. The van der Waals surface area contributed by atoms with Crippen LogP contribution < -0.4 is 0 Å². The third-order valence-electron chi connectivity index (χ3n) is 4.44. The third kappa shape index (κ3) is 6.43. The van der Waals surface area contributed by atoms with Crippen molar-refractivity contribution in [1.29, 1.82) is 0 Å². The van der Waals surface area contributed by atoms with Crippen molar-refractivity contribution < 1.29 is 27.6 Å². The number of esters is 1. The normalized spacial score (nSPS) is 15.9. The Bertz CT molecular complexity index is 788. The van der Waals surface area contributed by atoms with Crippen LogP contribution in [-0.4, -0.2) is 63.0 Å². The van der Waals surface area contributed by atoms with Gasteiger partial charge in [0.2, 0.25) is 8.87 Å². The molecule has 156 valence electrons. The molecule has 0 N–H and O–H groups in total. The number of rotatable bonds is 9. The second kappa shape index (κ2) is 9.68. The van der Waals surface area contributed by atoms with Crippen LogP contribution in [0.4, 0.5) is 5.69 Å². The molecule has 0 radical (unpaired) electrons. The SMILES string of the molecule is CC(C)(CCN1CCOCC1)C(=O)OCSS(=O)(=O)c1ccc([N+](=O)[O-])cc1. The number of benzene rings is 1. The van der Waals surface area contributed by atoms with Crippen molar-refractivity contribution in [1.82, 2.24) is 4.90 Å². The van der Waals surface area contributed by atoms with Crippen molar-refractivity contribution >= 4 is 31.3 Å². The predicted octanol–water partition coefficient (Wildman–Crippen LogP) is 2.27. The maximum absolute atomic E-state index is 12.3. The first-order valence-electron chi connectivity index (χ1n) is 8.73. The Morgan fingerprint density at radius 1 is 1.29 bits per heavy atom. The van der Waals surface area contributed by atoms with Gasteiger partial charge in [0.25, 0.3) is 5.69 Å². The highest BCUT2D eigenvalue weighted by Crippen LogP contribution is 2.28. The van der Waals surface area contributed by atoms with Crippen molar-refractivity contribution in [2.24, 2.45) is 5.41 Å². The fourth-order valence-electron chi connectivity index (χ4n) is 2.50. The second-order valence-electron chi connectivity index (χ2n) is 6.96. The molecule has 0 unspecified atom stereocenters. The molecule has 1 aromatic carbocycles. The Morgan fingerprint density at radius 3 is 2.46 bits per heavy atom. The van der Waals surface area contributed by atoms with Crippen LogP contribution in [0.2, 0.25) is 0 Å². The van der Waals surface area contributed by atoms with Gasteiger partial charge >= 0.3 is 5.97 Å². The van der Waals surface area contributed by atoms with Crippen LogP contribution in [0.5, 0.6) is 0 Å². The minimum Gasteiger partial charge on any atom is -0.453 e. The average molecular weight is 433 g/mol. The van der Waals surface area contributed by atoms with E-state index in [1.54, 1.807) is 13.8 Å².